The normalized spacial score (nSPS) is 20.3. The molecule has 0 aromatic heterocycles. The van der Waals surface area contributed by atoms with Gasteiger partial charge >= 0.3 is 0 Å². The fraction of sp³-hybridized carbons (Fsp3) is 0.714. The van der Waals surface area contributed by atoms with Crippen LogP contribution >= 0.6 is 0 Å². The summed E-state index contributed by atoms with van der Waals surface area (Å²) in [5.41, 5.74) is 2.09. The monoisotopic (exact) mass is 429 g/mol. The molecule has 8 heteroatoms. The molecule has 0 amide bonds. The zero-order valence-corrected chi connectivity index (χ0v) is 19.1. The van der Waals surface area contributed by atoms with Crippen LogP contribution in [-0.2, 0) is 14.8 Å². The molecule has 29 heavy (non-hydrogen) atoms. The summed E-state index contributed by atoms with van der Waals surface area (Å²) in [4.78, 5) is 2.19. The molecule has 0 bridgehead atoms. The van der Waals surface area contributed by atoms with Crippen LogP contribution in [0.5, 0.6) is 0 Å². The van der Waals surface area contributed by atoms with Gasteiger partial charge in [-0.2, -0.15) is 0 Å². The number of ether oxygens (including phenoxy) is 1. The average Bonchev–Trinajstić information content (AvgIpc) is 2.63. The highest BCUT2D eigenvalue weighted by molar-refractivity contribution is 7.90. The summed E-state index contributed by atoms with van der Waals surface area (Å²) in [6, 6.07) is 3.78. The molecule has 2 N–H and O–H groups in total. The first-order chi connectivity index (χ1) is 13.6. The standard InChI is InChI=1S/C21H36FN3O3S/c1-15(2)29(26,27)24-12-8-6-7-11-23-19-9-10-20(18(5)21(19)22)25-13-16(3)28-17(4)14-25/h9-10,15-17,23-24H,6-8,11-14H2,1-5H3/t16-,17+. The molecule has 0 unspecified atom stereocenters. The SMILES string of the molecule is Cc1c(N2C[C@@H](C)O[C@@H](C)C2)ccc(NCCCCCNS(=O)(=O)C(C)C)c1F. The first kappa shape index (κ1) is 23.9. The molecule has 1 saturated heterocycles. The van der Waals surface area contributed by atoms with E-state index in [1.165, 1.54) is 0 Å². The van der Waals surface area contributed by atoms with E-state index >= 15 is 0 Å². The van der Waals surface area contributed by atoms with Gasteiger partial charge in [-0.15, -0.1) is 0 Å². The van der Waals surface area contributed by atoms with E-state index in [0.717, 1.165) is 38.0 Å². The second-order valence-electron chi connectivity index (χ2n) is 8.21. The second-order valence-corrected chi connectivity index (χ2v) is 10.5. The maximum atomic E-state index is 14.9. The van der Waals surface area contributed by atoms with Crippen molar-refractivity contribution in [3.63, 3.8) is 0 Å². The van der Waals surface area contributed by atoms with Gasteiger partial charge in [-0.3, -0.25) is 0 Å². The molecule has 0 radical (unpaired) electrons. The quantitative estimate of drug-likeness (QED) is 0.556. The van der Waals surface area contributed by atoms with Crippen molar-refractivity contribution >= 4 is 21.4 Å². The number of hydrogen-bond acceptors (Lipinski definition) is 5. The first-order valence-electron chi connectivity index (χ1n) is 10.5. The lowest BCUT2D eigenvalue weighted by atomic mass is 10.1. The predicted molar refractivity (Wildman–Crippen MR) is 118 cm³/mol. The molecule has 6 nitrogen and oxygen atoms in total. The maximum absolute atomic E-state index is 14.9. The molecule has 1 aliphatic heterocycles. The molecule has 1 heterocycles. The van der Waals surface area contributed by atoms with E-state index in [-0.39, 0.29) is 18.0 Å². The van der Waals surface area contributed by atoms with Gasteiger partial charge in [0.05, 0.1) is 23.1 Å². The van der Waals surface area contributed by atoms with Crippen LogP contribution in [0.15, 0.2) is 12.1 Å². The Labute approximate surface area is 175 Å². The van der Waals surface area contributed by atoms with Gasteiger partial charge < -0.3 is 15.0 Å². The highest BCUT2D eigenvalue weighted by atomic mass is 32.2. The molecule has 2 atom stereocenters. The Balaban J connectivity index is 1.80. The van der Waals surface area contributed by atoms with Crippen molar-refractivity contribution in [2.75, 3.05) is 36.4 Å². The van der Waals surface area contributed by atoms with E-state index in [0.29, 0.717) is 24.3 Å². The van der Waals surface area contributed by atoms with Crippen molar-refractivity contribution in [2.45, 2.75) is 71.3 Å². The van der Waals surface area contributed by atoms with Gasteiger partial charge in [0, 0.05) is 37.4 Å². The highest BCUT2D eigenvalue weighted by Crippen LogP contribution is 2.30. The third-order valence-electron chi connectivity index (χ3n) is 5.21. The Bertz CT molecular complexity index is 761. The van der Waals surface area contributed by atoms with Gasteiger partial charge in [-0.25, -0.2) is 17.5 Å². The Morgan fingerprint density at radius 1 is 1.14 bits per heavy atom. The smallest absolute Gasteiger partial charge is 0.213 e. The van der Waals surface area contributed by atoms with Crippen LogP contribution in [0, 0.1) is 12.7 Å². The van der Waals surface area contributed by atoms with Gasteiger partial charge in [0.2, 0.25) is 10.0 Å². The molecule has 1 aromatic carbocycles. The number of anilines is 2. The van der Waals surface area contributed by atoms with Gasteiger partial charge in [-0.1, -0.05) is 6.42 Å². The third kappa shape index (κ3) is 6.83. The topological polar surface area (TPSA) is 70.7 Å². The Morgan fingerprint density at radius 2 is 1.76 bits per heavy atom. The number of morpholine rings is 1. The Morgan fingerprint density at radius 3 is 2.38 bits per heavy atom. The van der Waals surface area contributed by atoms with Crippen molar-refractivity contribution in [1.82, 2.24) is 4.72 Å². The van der Waals surface area contributed by atoms with E-state index in [9.17, 15) is 12.8 Å². The summed E-state index contributed by atoms with van der Waals surface area (Å²) in [6.45, 7) is 11.8. The zero-order chi connectivity index (χ0) is 21.6. The number of unbranched alkanes of at least 4 members (excludes halogenated alkanes) is 2. The number of halogens is 1. The number of nitrogens with one attached hydrogen (secondary N) is 2. The molecular weight excluding hydrogens is 393 g/mol. The van der Waals surface area contributed by atoms with Crippen molar-refractivity contribution in [3.8, 4) is 0 Å². The Hall–Kier alpha value is -1.38. The first-order valence-corrected chi connectivity index (χ1v) is 12.1. The molecule has 1 aliphatic rings. The number of nitrogens with zero attached hydrogens (tertiary/aromatic N) is 1. The summed E-state index contributed by atoms with van der Waals surface area (Å²) < 4.78 is 46.6. The summed E-state index contributed by atoms with van der Waals surface area (Å²) in [7, 11) is -3.19. The second kappa shape index (κ2) is 10.6. The largest absolute Gasteiger partial charge is 0.383 e. The van der Waals surface area contributed by atoms with Crippen molar-refractivity contribution in [2.24, 2.45) is 0 Å². The van der Waals surface area contributed by atoms with Crippen LogP contribution in [0.1, 0.15) is 52.5 Å². The van der Waals surface area contributed by atoms with Crippen molar-refractivity contribution in [1.29, 1.82) is 0 Å². The minimum Gasteiger partial charge on any atom is -0.383 e. The fourth-order valence-corrected chi connectivity index (χ4v) is 4.32. The lowest BCUT2D eigenvalue weighted by Crippen LogP contribution is -2.45. The zero-order valence-electron chi connectivity index (χ0n) is 18.3. The number of sulfonamides is 1. The van der Waals surface area contributed by atoms with Crippen LogP contribution < -0.4 is 14.9 Å². The number of rotatable bonds is 10. The van der Waals surface area contributed by atoms with Crippen molar-refractivity contribution in [3.05, 3.63) is 23.5 Å². The van der Waals surface area contributed by atoms with Gasteiger partial charge in [0.1, 0.15) is 0 Å². The molecular formula is C21H36FN3O3S. The van der Waals surface area contributed by atoms with Crippen LogP contribution in [0.3, 0.4) is 0 Å². The van der Waals surface area contributed by atoms with E-state index in [1.54, 1.807) is 19.9 Å². The van der Waals surface area contributed by atoms with Gasteiger partial charge in [0.15, 0.2) is 5.82 Å². The third-order valence-corrected chi connectivity index (χ3v) is 7.06. The molecule has 1 aromatic rings. The molecule has 2 rings (SSSR count). The minimum atomic E-state index is -3.19. The van der Waals surface area contributed by atoms with E-state index in [1.807, 2.05) is 26.8 Å². The summed E-state index contributed by atoms with van der Waals surface area (Å²) in [5.74, 6) is -0.209. The molecule has 1 fully saturated rings. The Kier molecular flexibility index (Phi) is 8.73. The molecule has 0 spiro atoms. The van der Waals surface area contributed by atoms with E-state index in [2.05, 4.69) is 14.9 Å². The lowest BCUT2D eigenvalue weighted by molar-refractivity contribution is -0.00526. The summed E-state index contributed by atoms with van der Waals surface area (Å²) >= 11 is 0. The highest BCUT2D eigenvalue weighted by Gasteiger charge is 2.24. The van der Waals surface area contributed by atoms with Crippen LogP contribution in [0.25, 0.3) is 0 Å². The summed E-state index contributed by atoms with van der Waals surface area (Å²) in [5, 5.41) is 2.76. The number of benzene rings is 1. The molecule has 0 saturated carbocycles. The van der Waals surface area contributed by atoms with Gasteiger partial charge in [0.25, 0.3) is 0 Å². The molecule has 0 aliphatic carbocycles. The van der Waals surface area contributed by atoms with Gasteiger partial charge in [-0.05, 0) is 59.6 Å². The average molecular weight is 430 g/mol. The fourth-order valence-electron chi connectivity index (χ4n) is 3.56. The number of hydrogen-bond donors (Lipinski definition) is 2. The van der Waals surface area contributed by atoms with Crippen LogP contribution in [0.4, 0.5) is 15.8 Å². The predicted octanol–water partition coefficient (Wildman–Crippen LogP) is 3.66. The van der Waals surface area contributed by atoms with E-state index in [4.69, 9.17) is 4.74 Å². The minimum absolute atomic E-state index is 0.129. The van der Waals surface area contributed by atoms with Crippen LogP contribution in [0.2, 0.25) is 0 Å². The maximum Gasteiger partial charge on any atom is 0.213 e. The lowest BCUT2D eigenvalue weighted by Gasteiger charge is -2.37. The summed E-state index contributed by atoms with van der Waals surface area (Å²) in [6.07, 6.45) is 2.74. The van der Waals surface area contributed by atoms with Crippen LogP contribution in [-0.4, -0.2) is 52.1 Å². The molecule has 166 valence electrons. The van der Waals surface area contributed by atoms with E-state index < -0.39 is 15.3 Å². The van der Waals surface area contributed by atoms with Crippen molar-refractivity contribution < 1.29 is 17.5 Å².